The van der Waals surface area contributed by atoms with E-state index < -0.39 is 19.9 Å². The number of sulfone groups is 1. The van der Waals surface area contributed by atoms with Crippen LogP contribution in [0.2, 0.25) is 0 Å². The van der Waals surface area contributed by atoms with Crippen molar-refractivity contribution >= 4 is 36.9 Å². The molecule has 146 valence electrons. The largest absolute Gasteiger partial charge is 0.315 e. The quantitative estimate of drug-likeness (QED) is 0.622. The topological polar surface area (TPSA) is 92.3 Å². The molecule has 2 heterocycles. The first-order valence-electron chi connectivity index (χ1n) is 8.60. The Balaban J connectivity index is 1.59. The zero-order valence-electron chi connectivity index (χ0n) is 14.7. The van der Waals surface area contributed by atoms with Crippen LogP contribution in [0.4, 0.5) is 5.69 Å². The van der Waals surface area contributed by atoms with Crippen molar-refractivity contribution in [2.45, 2.75) is 19.2 Å². The predicted molar refractivity (Wildman–Crippen MR) is 109 cm³/mol. The van der Waals surface area contributed by atoms with Crippen LogP contribution in [0.15, 0.2) is 80.0 Å². The first kappa shape index (κ1) is 19.1. The van der Waals surface area contributed by atoms with Crippen LogP contribution < -0.4 is 10.0 Å². The Kier molecular flexibility index (Phi) is 5.00. The molecule has 0 radical (unpaired) electrons. The van der Waals surface area contributed by atoms with Gasteiger partial charge < -0.3 is 5.32 Å². The number of hydrogen-bond acceptors (Lipinski definition) is 6. The summed E-state index contributed by atoms with van der Waals surface area (Å²) < 4.78 is 53.3. The highest BCUT2D eigenvalue weighted by Gasteiger charge is 2.25. The molecular formula is C19H18N2O4S3. The van der Waals surface area contributed by atoms with Crippen molar-refractivity contribution in [1.82, 2.24) is 5.32 Å². The number of sulfonamides is 1. The minimum Gasteiger partial charge on any atom is -0.315 e. The Morgan fingerprint density at radius 2 is 1.57 bits per heavy atom. The van der Waals surface area contributed by atoms with Gasteiger partial charge in [-0.25, -0.2) is 16.8 Å². The van der Waals surface area contributed by atoms with Gasteiger partial charge in [0.1, 0.15) is 8.42 Å². The summed E-state index contributed by atoms with van der Waals surface area (Å²) in [7, 11) is -7.62. The lowest BCUT2D eigenvalue weighted by Crippen LogP contribution is -2.39. The number of anilines is 1. The van der Waals surface area contributed by atoms with Gasteiger partial charge in [-0.05, 0) is 42.0 Å². The molecule has 2 N–H and O–H groups in total. The molecule has 0 saturated carbocycles. The maximum Gasteiger partial charge on any atom is 0.271 e. The Labute approximate surface area is 168 Å². The molecule has 0 amide bonds. The molecular weight excluding hydrogens is 416 g/mol. The molecule has 4 rings (SSSR count). The van der Waals surface area contributed by atoms with Crippen LogP contribution in [0.5, 0.6) is 0 Å². The molecule has 0 atom stereocenters. The Morgan fingerprint density at radius 3 is 2.25 bits per heavy atom. The lowest BCUT2D eigenvalue weighted by atomic mass is 9.94. The van der Waals surface area contributed by atoms with Gasteiger partial charge in [0, 0.05) is 24.7 Å². The van der Waals surface area contributed by atoms with Crippen molar-refractivity contribution in [3.05, 3.63) is 72.3 Å². The van der Waals surface area contributed by atoms with Gasteiger partial charge in [0.2, 0.25) is 9.84 Å². The molecule has 3 aromatic rings. The summed E-state index contributed by atoms with van der Waals surface area (Å²) in [6.45, 7) is 1.75. The summed E-state index contributed by atoms with van der Waals surface area (Å²) in [5.41, 5.74) is 1.53. The monoisotopic (exact) mass is 434 g/mol. The fourth-order valence-electron chi connectivity index (χ4n) is 2.89. The molecule has 1 saturated heterocycles. The number of benzene rings is 2. The standard InChI is InChI=1S/C19H18N2O4S3/c22-27(23,17-7-2-1-3-8-17)18-9-10-19(26-18)28(24,25)21-16-6-4-5-14(11-16)15-12-20-13-15/h1-11,15,20-21H,12-13H2. The smallest absolute Gasteiger partial charge is 0.271 e. The highest BCUT2D eigenvalue weighted by atomic mass is 32.3. The lowest BCUT2D eigenvalue weighted by molar-refractivity contribution is 0.448. The maximum absolute atomic E-state index is 12.7. The van der Waals surface area contributed by atoms with Gasteiger partial charge in [-0.3, -0.25) is 4.72 Å². The van der Waals surface area contributed by atoms with Crippen LogP contribution in [0, 0.1) is 0 Å². The van der Waals surface area contributed by atoms with Gasteiger partial charge in [-0.1, -0.05) is 30.3 Å². The van der Waals surface area contributed by atoms with Crippen LogP contribution in [-0.2, 0) is 19.9 Å². The second-order valence-corrected chi connectivity index (χ2v) is 11.6. The third-order valence-corrected chi connectivity index (χ3v) is 9.75. The maximum atomic E-state index is 12.7. The van der Waals surface area contributed by atoms with Crippen LogP contribution >= 0.6 is 11.3 Å². The van der Waals surface area contributed by atoms with E-state index >= 15 is 0 Å². The summed E-state index contributed by atoms with van der Waals surface area (Å²) >= 11 is 0.739. The van der Waals surface area contributed by atoms with E-state index in [1.54, 1.807) is 24.3 Å². The Hall–Kier alpha value is -2.20. The SMILES string of the molecule is O=S(=O)(Nc1cccc(C2CNC2)c1)c1ccc(S(=O)(=O)c2ccccc2)s1. The number of thiophene rings is 1. The molecule has 2 aromatic carbocycles. The van der Waals surface area contributed by atoms with Gasteiger partial charge in [0.05, 0.1) is 4.90 Å². The summed E-state index contributed by atoms with van der Waals surface area (Å²) in [5, 5.41) is 3.19. The van der Waals surface area contributed by atoms with Gasteiger partial charge in [-0.2, -0.15) is 0 Å². The number of nitrogens with one attached hydrogen (secondary N) is 2. The lowest BCUT2D eigenvalue weighted by Gasteiger charge is -2.27. The van der Waals surface area contributed by atoms with Crippen LogP contribution in [0.1, 0.15) is 11.5 Å². The predicted octanol–water partition coefficient (Wildman–Crippen LogP) is 3.07. The van der Waals surface area contributed by atoms with Crippen molar-refractivity contribution in [1.29, 1.82) is 0 Å². The number of rotatable bonds is 6. The van der Waals surface area contributed by atoms with Crippen molar-refractivity contribution in [2.24, 2.45) is 0 Å². The van der Waals surface area contributed by atoms with Gasteiger partial charge in [-0.15, -0.1) is 11.3 Å². The molecule has 0 spiro atoms. The van der Waals surface area contributed by atoms with E-state index in [0.29, 0.717) is 11.6 Å². The second kappa shape index (κ2) is 7.32. The van der Waals surface area contributed by atoms with Crippen molar-refractivity contribution < 1.29 is 16.8 Å². The number of hydrogen-bond donors (Lipinski definition) is 2. The van der Waals surface area contributed by atoms with Crippen LogP contribution in [-0.4, -0.2) is 29.9 Å². The molecule has 1 aliphatic rings. The van der Waals surface area contributed by atoms with Crippen molar-refractivity contribution in [2.75, 3.05) is 17.8 Å². The van der Waals surface area contributed by atoms with E-state index in [0.717, 1.165) is 30.0 Å². The van der Waals surface area contributed by atoms with E-state index in [2.05, 4.69) is 10.0 Å². The fourth-order valence-corrected chi connectivity index (χ4v) is 7.13. The molecule has 1 aliphatic heterocycles. The third-order valence-electron chi connectivity index (χ3n) is 4.53. The van der Waals surface area contributed by atoms with Crippen LogP contribution in [0.3, 0.4) is 0 Å². The van der Waals surface area contributed by atoms with E-state index in [1.807, 2.05) is 18.2 Å². The molecule has 0 aliphatic carbocycles. The molecule has 0 unspecified atom stereocenters. The van der Waals surface area contributed by atoms with Crippen molar-refractivity contribution in [3.8, 4) is 0 Å². The highest BCUT2D eigenvalue weighted by molar-refractivity contribution is 7.96. The third kappa shape index (κ3) is 3.70. The molecule has 1 aromatic heterocycles. The van der Waals surface area contributed by atoms with Crippen molar-refractivity contribution in [3.63, 3.8) is 0 Å². The van der Waals surface area contributed by atoms with Gasteiger partial charge in [0.15, 0.2) is 0 Å². The second-order valence-electron chi connectivity index (χ2n) is 6.48. The van der Waals surface area contributed by atoms with E-state index in [4.69, 9.17) is 0 Å². The van der Waals surface area contributed by atoms with E-state index in [9.17, 15) is 16.8 Å². The molecule has 6 nitrogen and oxygen atoms in total. The first-order chi connectivity index (χ1) is 13.4. The molecule has 0 bridgehead atoms. The average Bonchev–Trinajstić information content (AvgIpc) is 3.13. The zero-order chi connectivity index (χ0) is 19.8. The molecule has 9 heteroatoms. The fraction of sp³-hybridized carbons (Fsp3) is 0.158. The summed E-state index contributed by atoms with van der Waals surface area (Å²) in [6.07, 6.45) is 0. The Bertz CT molecular complexity index is 1200. The summed E-state index contributed by atoms with van der Waals surface area (Å²) in [4.78, 5) is 0.135. The molecule has 1 fully saturated rings. The minimum atomic E-state index is -3.88. The van der Waals surface area contributed by atoms with Gasteiger partial charge >= 0.3 is 0 Å². The van der Waals surface area contributed by atoms with Crippen LogP contribution in [0.25, 0.3) is 0 Å². The van der Waals surface area contributed by atoms with E-state index in [-0.39, 0.29) is 13.3 Å². The first-order valence-corrected chi connectivity index (χ1v) is 12.4. The highest BCUT2D eigenvalue weighted by Crippen LogP contribution is 2.31. The summed E-state index contributed by atoms with van der Waals surface area (Å²) in [6, 6.07) is 17.9. The normalized spacial score (nSPS) is 15.1. The average molecular weight is 435 g/mol. The zero-order valence-corrected chi connectivity index (χ0v) is 17.1. The Morgan fingerprint density at radius 1 is 0.857 bits per heavy atom. The summed E-state index contributed by atoms with van der Waals surface area (Å²) in [5.74, 6) is 0.383. The van der Waals surface area contributed by atoms with Gasteiger partial charge in [0.25, 0.3) is 10.0 Å². The minimum absolute atomic E-state index is 0.00614. The van der Waals surface area contributed by atoms with E-state index in [1.165, 1.54) is 24.3 Å². The molecule has 28 heavy (non-hydrogen) atoms.